The van der Waals surface area contributed by atoms with Crippen molar-refractivity contribution in [2.24, 2.45) is 4.40 Å². The maximum atomic E-state index is 14.4. The second kappa shape index (κ2) is 6.01. The largest absolute Gasteiger partial charge is 0.367 e. The van der Waals surface area contributed by atoms with Gasteiger partial charge in [-0.05, 0) is 31.0 Å². The van der Waals surface area contributed by atoms with E-state index >= 15 is 0 Å². The Morgan fingerprint density at radius 2 is 1.77 bits per heavy atom. The zero-order chi connectivity index (χ0) is 18.5. The number of nitrogens with zero attached hydrogens (tertiary/aromatic N) is 2. The molecule has 2 heterocycles. The molecule has 9 heteroatoms. The molecule has 0 unspecified atom stereocenters. The minimum absolute atomic E-state index is 0.00875. The fourth-order valence-corrected chi connectivity index (χ4v) is 4.48. The van der Waals surface area contributed by atoms with Gasteiger partial charge in [0.2, 0.25) is 0 Å². The first-order valence-electron chi connectivity index (χ1n) is 8.02. The molecule has 2 aromatic carbocycles. The van der Waals surface area contributed by atoms with Gasteiger partial charge in [-0.25, -0.2) is 13.2 Å². The van der Waals surface area contributed by atoms with Crippen molar-refractivity contribution in [3.63, 3.8) is 0 Å². The summed E-state index contributed by atoms with van der Waals surface area (Å²) in [5.41, 5.74) is -0.104. The minimum Gasteiger partial charge on any atom is -0.367 e. The van der Waals surface area contributed by atoms with E-state index in [4.69, 9.17) is 0 Å². The van der Waals surface area contributed by atoms with Crippen LogP contribution in [0.4, 0.5) is 24.5 Å². The standard InChI is InChI=1S/C17H14F3N3O2S/c18-10-8-12(20)16(23-6-1-2-7-23)13(9-10)21-17-15-11(19)4-3-5-14(15)26(24,25)22-17/h3-5,8-9H,1-2,6-7H2,(H,21,22). The molecule has 0 radical (unpaired) electrons. The second-order valence-corrected chi connectivity index (χ2v) is 7.70. The minimum atomic E-state index is -4.07. The van der Waals surface area contributed by atoms with Crippen molar-refractivity contribution in [3.8, 4) is 0 Å². The number of sulfonamides is 1. The van der Waals surface area contributed by atoms with E-state index in [1.165, 1.54) is 12.1 Å². The normalized spacial score (nSPS) is 18.0. The van der Waals surface area contributed by atoms with Crippen molar-refractivity contribution in [1.29, 1.82) is 0 Å². The predicted octanol–water partition coefficient (Wildman–Crippen LogP) is 3.27. The molecule has 0 aliphatic carbocycles. The van der Waals surface area contributed by atoms with Gasteiger partial charge < -0.3 is 10.2 Å². The van der Waals surface area contributed by atoms with E-state index in [9.17, 15) is 21.6 Å². The lowest BCUT2D eigenvalue weighted by atomic mass is 10.1. The number of halogens is 3. The zero-order valence-electron chi connectivity index (χ0n) is 13.5. The highest BCUT2D eigenvalue weighted by Crippen LogP contribution is 2.35. The summed E-state index contributed by atoms with van der Waals surface area (Å²) in [6, 6.07) is 5.41. The molecular formula is C17H14F3N3O2S. The zero-order valence-corrected chi connectivity index (χ0v) is 14.3. The third-order valence-electron chi connectivity index (χ3n) is 4.41. The van der Waals surface area contributed by atoms with E-state index in [1.54, 1.807) is 4.90 Å². The summed E-state index contributed by atoms with van der Waals surface area (Å²) in [5.74, 6) is -2.68. The van der Waals surface area contributed by atoms with Crippen molar-refractivity contribution in [2.75, 3.05) is 23.3 Å². The average molecular weight is 381 g/mol. The lowest BCUT2D eigenvalue weighted by molar-refractivity contribution is 0.582. The molecule has 1 N–H and O–H groups in total. The number of hydrogen-bond donors (Lipinski definition) is 1. The van der Waals surface area contributed by atoms with Gasteiger partial charge in [0.25, 0.3) is 10.0 Å². The highest BCUT2D eigenvalue weighted by atomic mass is 32.2. The average Bonchev–Trinajstić information content (AvgIpc) is 3.15. The Labute approximate surface area is 148 Å². The third-order valence-corrected chi connectivity index (χ3v) is 5.72. The molecule has 0 aromatic heterocycles. The molecule has 0 bridgehead atoms. The summed E-state index contributed by atoms with van der Waals surface area (Å²) in [4.78, 5) is 1.46. The highest BCUT2D eigenvalue weighted by molar-refractivity contribution is 7.90. The van der Waals surface area contributed by atoms with Crippen molar-refractivity contribution in [3.05, 3.63) is 53.3 Å². The van der Waals surface area contributed by atoms with Crippen molar-refractivity contribution in [2.45, 2.75) is 17.7 Å². The van der Waals surface area contributed by atoms with E-state index in [-0.39, 0.29) is 27.7 Å². The highest BCUT2D eigenvalue weighted by Gasteiger charge is 2.33. The van der Waals surface area contributed by atoms with E-state index in [1.807, 2.05) is 0 Å². The Kier molecular flexibility index (Phi) is 3.91. The van der Waals surface area contributed by atoms with Gasteiger partial charge in [-0.1, -0.05) is 6.07 Å². The number of nitrogens with one attached hydrogen (secondary N) is 1. The van der Waals surface area contributed by atoms with E-state index < -0.39 is 27.5 Å². The van der Waals surface area contributed by atoms with Crippen LogP contribution in [0.3, 0.4) is 0 Å². The number of anilines is 2. The lowest BCUT2D eigenvalue weighted by Crippen LogP contribution is -2.23. The van der Waals surface area contributed by atoms with Crippen molar-refractivity contribution in [1.82, 2.24) is 0 Å². The number of amidine groups is 1. The Bertz CT molecular complexity index is 1030. The summed E-state index contributed by atoms with van der Waals surface area (Å²) in [7, 11) is -4.07. The maximum absolute atomic E-state index is 14.4. The van der Waals surface area contributed by atoms with Crippen LogP contribution in [-0.2, 0) is 10.0 Å². The van der Waals surface area contributed by atoms with Crippen LogP contribution in [-0.4, -0.2) is 27.3 Å². The van der Waals surface area contributed by atoms with Gasteiger partial charge in [-0.15, -0.1) is 4.40 Å². The summed E-state index contributed by atoms with van der Waals surface area (Å²) < 4.78 is 70.2. The first-order valence-corrected chi connectivity index (χ1v) is 9.46. The van der Waals surface area contributed by atoms with Crippen LogP contribution in [0.1, 0.15) is 18.4 Å². The van der Waals surface area contributed by atoms with Gasteiger partial charge in [-0.3, -0.25) is 0 Å². The fourth-order valence-electron chi connectivity index (χ4n) is 3.30. The molecular weight excluding hydrogens is 367 g/mol. The summed E-state index contributed by atoms with van der Waals surface area (Å²) in [6.07, 6.45) is 1.73. The predicted molar refractivity (Wildman–Crippen MR) is 91.6 cm³/mol. The number of benzene rings is 2. The molecule has 1 fully saturated rings. The molecule has 5 nitrogen and oxygen atoms in total. The summed E-state index contributed by atoms with van der Waals surface area (Å²) in [5, 5.41) is 2.63. The molecule has 0 saturated carbocycles. The topological polar surface area (TPSA) is 61.8 Å². The summed E-state index contributed by atoms with van der Waals surface area (Å²) >= 11 is 0. The van der Waals surface area contributed by atoms with Gasteiger partial charge in [0.15, 0.2) is 11.7 Å². The van der Waals surface area contributed by atoms with E-state index in [0.717, 1.165) is 31.0 Å². The Morgan fingerprint density at radius 3 is 2.50 bits per heavy atom. The third kappa shape index (κ3) is 2.72. The van der Waals surface area contributed by atoms with Crippen LogP contribution in [0.15, 0.2) is 39.6 Å². The van der Waals surface area contributed by atoms with Gasteiger partial charge in [0, 0.05) is 19.2 Å². The molecule has 2 aliphatic heterocycles. The molecule has 0 amide bonds. The molecule has 0 atom stereocenters. The number of hydrogen-bond acceptors (Lipinski definition) is 4. The first kappa shape index (κ1) is 16.9. The van der Waals surface area contributed by atoms with Crippen LogP contribution in [0.2, 0.25) is 0 Å². The van der Waals surface area contributed by atoms with E-state index in [2.05, 4.69) is 9.71 Å². The molecule has 1 saturated heterocycles. The maximum Gasteiger partial charge on any atom is 0.285 e. The van der Waals surface area contributed by atoms with Crippen LogP contribution >= 0.6 is 0 Å². The number of fused-ring (bicyclic) bond motifs is 1. The Balaban J connectivity index is 1.82. The molecule has 26 heavy (non-hydrogen) atoms. The fraction of sp³-hybridized carbons (Fsp3) is 0.235. The summed E-state index contributed by atoms with van der Waals surface area (Å²) in [6.45, 7) is 1.18. The Morgan fingerprint density at radius 1 is 1.04 bits per heavy atom. The lowest BCUT2D eigenvalue weighted by Gasteiger charge is -2.22. The molecule has 2 aliphatic rings. The quantitative estimate of drug-likeness (QED) is 0.867. The molecule has 0 spiro atoms. The van der Waals surface area contributed by atoms with Crippen LogP contribution in [0.25, 0.3) is 0 Å². The van der Waals surface area contributed by atoms with Crippen LogP contribution in [0, 0.1) is 17.5 Å². The number of rotatable bonds is 2. The Hall–Kier alpha value is -2.55. The SMILES string of the molecule is O=S1(=O)N=C(Nc2cc(F)cc(F)c2N2CCCC2)c2c(F)cccc21. The van der Waals surface area contributed by atoms with Crippen LogP contribution < -0.4 is 10.2 Å². The molecule has 4 rings (SSSR count). The molecule has 2 aromatic rings. The monoisotopic (exact) mass is 381 g/mol. The second-order valence-electron chi connectivity index (χ2n) is 6.13. The van der Waals surface area contributed by atoms with Crippen LogP contribution in [0.5, 0.6) is 0 Å². The van der Waals surface area contributed by atoms with Gasteiger partial charge in [0.05, 0.1) is 16.9 Å². The molecule has 136 valence electrons. The smallest absolute Gasteiger partial charge is 0.285 e. The van der Waals surface area contributed by atoms with Gasteiger partial charge >= 0.3 is 0 Å². The van der Waals surface area contributed by atoms with Crippen molar-refractivity contribution >= 4 is 27.2 Å². The van der Waals surface area contributed by atoms with Gasteiger partial charge in [0.1, 0.15) is 16.5 Å². The first-order chi connectivity index (χ1) is 12.4. The van der Waals surface area contributed by atoms with E-state index in [0.29, 0.717) is 13.1 Å². The van der Waals surface area contributed by atoms with Gasteiger partial charge in [-0.2, -0.15) is 8.42 Å². The van der Waals surface area contributed by atoms with Crippen molar-refractivity contribution < 1.29 is 21.6 Å².